The van der Waals surface area contributed by atoms with Crippen LogP contribution < -0.4 is 5.32 Å². The number of rotatable bonds is 5. The number of ketones is 1. The smallest absolute Gasteiger partial charge is 0.220 e. The molecular formula is C13H7FIN3O2S. The summed E-state index contributed by atoms with van der Waals surface area (Å²) in [5.74, 6) is -1.13. The second-order valence-electron chi connectivity index (χ2n) is 3.97. The van der Waals surface area contributed by atoms with E-state index >= 15 is 0 Å². The molecule has 0 aliphatic heterocycles. The van der Waals surface area contributed by atoms with Gasteiger partial charge < -0.3 is 5.32 Å². The molecule has 0 aliphatic rings. The van der Waals surface area contributed by atoms with Crippen LogP contribution in [0.15, 0.2) is 30.4 Å². The van der Waals surface area contributed by atoms with Crippen molar-refractivity contribution in [2.75, 3.05) is 5.32 Å². The molecule has 0 aliphatic carbocycles. The molecule has 1 amide bonds. The summed E-state index contributed by atoms with van der Waals surface area (Å²) in [6, 6.07) is 5.83. The third-order valence-corrected chi connectivity index (χ3v) is 4.48. The molecule has 8 heteroatoms. The first-order valence-electron chi connectivity index (χ1n) is 5.51. The molecule has 0 spiro atoms. The maximum atomic E-state index is 13.8. The summed E-state index contributed by atoms with van der Waals surface area (Å²) in [5, 5.41) is 11.5. The first kappa shape index (κ1) is 15.5. The molecule has 0 atom stereocenters. The number of carbonyl (C=O) groups is 2. The SMILES string of the molecule is C=C(C#N)C(=O)c1cc2cc(F)c(NC=O)cc2n1SI. The maximum absolute atomic E-state index is 13.8. The van der Waals surface area contributed by atoms with Gasteiger partial charge in [0.1, 0.15) is 17.6 Å². The fraction of sp³-hybridized carbons (Fsp3) is 0. The third-order valence-electron chi connectivity index (χ3n) is 2.77. The second-order valence-corrected chi connectivity index (χ2v) is 5.65. The van der Waals surface area contributed by atoms with E-state index in [4.69, 9.17) is 5.26 Å². The Bertz CT molecular complexity index is 810. The maximum Gasteiger partial charge on any atom is 0.220 e. The van der Waals surface area contributed by atoms with Crippen LogP contribution in [0.5, 0.6) is 0 Å². The van der Waals surface area contributed by atoms with E-state index in [0.717, 1.165) is 0 Å². The lowest BCUT2D eigenvalue weighted by Crippen LogP contribution is -2.05. The minimum atomic E-state index is -0.608. The highest BCUT2D eigenvalue weighted by Crippen LogP contribution is 2.32. The van der Waals surface area contributed by atoms with Gasteiger partial charge in [-0.1, -0.05) is 6.58 Å². The van der Waals surface area contributed by atoms with Crippen LogP contribution in [0.2, 0.25) is 0 Å². The average molecular weight is 415 g/mol. The molecule has 0 radical (unpaired) electrons. The molecule has 1 aromatic heterocycles. The van der Waals surface area contributed by atoms with Gasteiger partial charge in [0.25, 0.3) is 0 Å². The van der Waals surface area contributed by atoms with Crippen molar-refractivity contribution in [3.8, 4) is 6.07 Å². The quantitative estimate of drug-likeness (QED) is 0.267. The Morgan fingerprint density at radius 3 is 2.81 bits per heavy atom. The van der Waals surface area contributed by atoms with E-state index in [-0.39, 0.29) is 17.0 Å². The van der Waals surface area contributed by atoms with Gasteiger partial charge in [0.2, 0.25) is 12.2 Å². The molecule has 1 aromatic carbocycles. The van der Waals surface area contributed by atoms with Crippen LogP contribution in [-0.4, -0.2) is 16.2 Å². The largest absolute Gasteiger partial charge is 0.326 e. The van der Waals surface area contributed by atoms with E-state index in [1.54, 1.807) is 10.0 Å². The van der Waals surface area contributed by atoms with Crippen LogP contribution >= 0.6 is 30.3 Å². The molecule has 1 N–H and O–H groups in total. The topological polar surface area (TPSA) is 74.9 Å². The molecule has 0 saturated heterocycles. The molecule has 0 bridgehead atoms. The summed E-state index contributed by atoms with van der Waals surface area (Å²) >= 11 is 1.97. The van der Waals surface area contributed by atoms with Crippen molar-refractivity contribution in [2.24, 2.45) is 0 Å². The van der Waals surface area contributed by atoms with E-state index in [2.05, 4.69) is 11.9 Å². The number of amides is 1. The van der Waals surface area contributed by atoms with E-state index in [1.807, 2.05) is 21.2 Å². The van der Waals surface area contributed by atoms with Crippen LogP contribution in [0.1, 0.15) is 10.5 Å². The normalized spacial score (nSPS) is 10.1. The van der Waals surface area contributed by atoms with Gasteiger partial charge in [0.05, 0.1) is 16.8 Å². The van der Waals surface area contributed by atoms with Crippen molar-refractivity contribution < 1.29 is 14.0 Å². The van der Waals surface area contributed by atoms with Crippen LogP contribution in [0, 0.1) is 17.1 Å². The molecule has 0 saturated carbocycles. The summed E-state index contributed by atoms with van der Waals surface area (Å²) in [5.41, 5.74) is 0.587. The van der Waals surface area contributed by atoms with Gasteiger partial charge in [-0.15, -0.1) is 0 Å². The number of halogens is 2. The first-order valence-corrected chi connectivity index (χ1v) is 8.83. The molecule has 0 fully saturated rings. The Morgan fingerprint density at radius 2 is 2.24 bits per heavy atom. The molecule has 106 valence electrons. The van der Waals surface area contributed by atoms with Crippen LogP contribution in [0.3, 0.4) is 0 Å². The summed E-state index contributed by atoms with van der Waals surface area (Å²) in [6.07, 6.45) is 0.373. The van der Waals surface area contributed by atoms with Gasteiger partial charge in [0.15, 0.2) is 0 Å². The van der Waals surface area contributed by atoms with Crippen molar-refractivity contribution in [3.63, 3.8) is 0 Å². The Hall–Kier alpha value is -1.86. The number of allylic oxidation sites excluding steroid dienone is 1. The summed E-state index contributed by atoms with van der Waals surface area (Å²) in [4.78, 5) is 22.6. The van der Waals surface area contributed by atoms with E-state index in [0.29, 0.717) is 17.3 Å². The second kappa shape index (κ2) is 6.28. The zero-order valence-corrected chi connectivity index (χ0v) is 13.4. The molecule has 21 heavy (non-hydrogen) atoms. The van der Waals surface area contributed by atoms with Crippen molar-refractivity contribution in [3.05, 3.63) is 41.9 Å². The predicted octanol–water partition coefficient (Wildman–Crippen LogP) is 3.46. The number of nitriles is 1. The van der Waals surface area contributed by atoms with E-state index < -0.39 is 11.6 Å². The predicted molar refractivity (Wildman–Crippen MR) is 87.7 cm³/mol. The lowest BCUT2D eigenvalue weighted by molar-refractivity contribution is -0.105. The van der Waals surface area contributed by atoms with Crippen molar-refractivity contribution in [2.45, 2.75) is 0 Å². The summed E-state index contributed by atoms with van der Waals surface area (Å²) in [7, 11) is 1.20. The number of aromatic nitrogens is 1. The number of nitrogens with zero attached hydrogens (tertiary/aromatic N) is 2. The van der Waals surface area contributed by atoms with Crippen molar-refractivity contribution in [1.29, 1.82) is 5.26 Å². The Labute approximate surface area is 135 Å². The molecule has 1 heterocycles. The molecule has 5 nitrogen and oxygen atoms in total. The fourth-order valence-electron chi connectivity index (χ4n) is 1.82. The van der Waals surface area contributed by atoms with Gasteiger partial charge >= 0.3 is 0 Å². The summed E-state index contributed by atoms with van der Waals surface area (Å²) < 4.78 is 15.3. The number of anilines is 1. The highest BCUT2D eigenvalue weighted by Gasteiger charge is 2.19. The highest BCUT2D eigenvalue weighted by molar-refractivity contribution is 14.2. The molecule has 2 rings (SSSR count). The monoisotopic (exact) mass is 415 g/mol. The summed E-state index contributed by atoms with van der Waals surface area (Å²) in [6.45, 7) is 3.39. The van der Waals surface area contributed by atoms with Crippen molar-refractivity contribution >= 4 is 59.1 Å². The Kier molecular flexibility index (Phi) is 4.64. The van der Waals surface area contributed by atoms with Crippen LogP contribution in [0.4, 0.5) is 10.1 Å². The lowest BCUT2D eigenvalue weighted by atomic mass is 10.1. The Balaban J connectivity index is 2.70. The fourth-order valence-corrected chi connectivity index (χ4v) is 3.53. The number of carbonyl (C=O) groups excluding carboxylic acids is 2. The minimum Gasteiger partial charge on any atom is -0.326 e. The zero-order valence-electron chi connectivity index (χ0n) is 10.4. The highest BCUT2D eigenvalue weighted by atomic mass is 127. The number of benzene rings is 1. The van der Waals surface area contributed by atoms with Gasteiger partial charge in [-0.3, -0.25) is 13.6 Å². The molecular weight excluding hydrogens is 408 g/mol. The Morgan fingerprint density at radius 1 is 1.52 bits per heavy atom. The first-order chi connectivity index (χ1) is 10.0. The number of fused-ring (bicyclic) bond motifs is 1. The number of nitrogens with one attached hydrogen (secondary N) is 1. The average Bonchev–Trinajstić information content (AvgIpc) is 2.83. The number of hydrogen-bond donors (Lipinski definition) is 1. The zero-order chi connectivity index (χ0) is 15.6. The van der Waals surface area contributed by atoms with Gasteiger partial charge in [-0.2, -0.15) is 5.26 Å². The lowest BCUT2D eigenvalue weighted by Gasteiger charge is -2.05. The van der Waals surface area contributed by atoms with Gasteiger partial charge in [-0.05, 0) is 18.2 Å². The molecule has 0 unspecified atom stereocenters. The van der Waals surface area contributed by atoms with Gasteiger partial charge in [-0.25, -0.2) is 4.39 Å². The number of Topliss-reactive ketones (excluding diaryl/α,β-unsaturated/α-hetero) is 1. The van der Waals surface area contributed by atoms with Crippen molar-refractivity contribution in [1.82, 2.24) is 3.97 Å². The third kappa shape index (κ3) is 2.79. The van der Waals surface area contributed by atoms with E-state index in [9.17, 15) is 14.0 Å². The van der Waals surface area contributed by atoms with E-state index in [1.165, 1.54) is 27.3 Å². The number of hydrogen-bond acceptors (Lipinski definition) is 4. The minimum absolute atomic E-state index is 0.0143. The molecule has 2 aromatic rings. The standard InChI is InChI=1S/C13H7FIN3O2S/c1-7(5-16)13(20)12-3-8-2-9(14)10(17-6-19)4-11(8)18(12)21-15/h2-4,6H,1H2,(H,17,19). The van der Waals surface area contributed by atoms with Crippen LogP contribution in [-0.2, 0) is 4.79 Å². The van der Waals surface area contributed by atoms with Crippen LogP contribution in [0.25, 0.3) is 10.9 Å². The van der Waals surface area contributed by atoms with Gasteiger partial charge in [0, 0.05) is 35.7 Å².